The van der Waals surface area contributed by atoms with Gasteiger partial charge < -0.3 is 9.64 Å². The Morgan fingerprint density at radius 3 is 2.55 bits per heavy atom. The molecule has 2 heterocycles. The fraction of sp³-hybridized carbons (Fsp3) is 0.400. The molecule has 4 rings (SSSR count). The smallest absolute Gasteiger partial charge is 0.409 e. The predicted molar refractivity (Wildman–Crippen MR) is 123 cm³/mol. The average molecular weight is 453 g/mol. The van der Waals surface area contributed by atoms with Gasteiger partial charge in [0.2, 0.25) is 0 Å². The summed E-state index contributed by atoms with van der Waals surface area (Å²) in [6.45, 7) is 6.58. The Labute approximate surface area is 193 Å². The number of nitrogens with zero attached hydrogens (tertiary/aromatic N) is 4. The van der Waals surface area contributed by atoms with Crippen LogP contribution in [0.4, 0.5) is 9.18 Å². The van der Waals surface area contributed by atoms with Gasteiger partial charge in [-0.1, -0.05) is 36.4 Å². The van der Waals surface area contributed by atoms with E-state index in [-0.39, 0.29) is 30.4 Å². The molecular formula is C25H29FN4O3. The first-order chi connectivity index (χ1) is 16.0. The van der Waals surface area contributed by atoms with Crippen molar-refractivity contribution in [2.75, 3.05) is 39.3 Å². The van der Waals surface area contributed by atoms with Gasteiger partial charge in [-0.2, -0.15) is 5.10 Å². The van der Waals surface area contributed by atoms with Crippen LogP contribution in [-0.2, 0) is 9.53 Å². The lowest BCUT2D eigenvalue weighted by Crippen LogP contribution is -2.51. The van der Waals surface area contributed by atoms with Crippen LogP contribution in [0.3, 0.4) is 0 Å². The lowest BCUT2D eigenvalue weighted by Gasteiger charge is -2.34. The molecule has 2 aliphatic heterocycles. The molecular weight excluding hydrogens is 423 g/mol. The zero-order valence-electron chi connectivity index (χ0n) is 19.0. The normalized spacial score (nSPS) is 18.9. The third-order valence-electron chi connectivity index (χ3n) is 6.13. The van der Waals surface area contributed by atoms with E-state index in [1.54, 1.807) is 22.9 Å². The van der Waals surface area contributed by atoms with Crippen molar-refractivity contribution in [3.63, 3.8) is 0 Å². The van der Waals surface area contributed by atoms with E-state index in [4.69, 9.17) is 4.74 Å². The molecule has 2 amide bonds. The largest absolute Gasteiger partial charge is 0.450 e. The maximum absolute atomic E-state index is 13.8. The lowest BCUT2D eigenvalue weighted by molar-refractivity contribution is -0.134. The molecule has 1 saturated heterocycles. The topological polar surface area (TPSA) is 65.5 Å². The van der Waals surface area contributed by atoms with Gasteiger partial charge in [0.25, 0.3) is 5.91 Å². The maximum atomic E-state index is 13.8. The number of aryl methyl sites for hydroxylation is 1. The zero-order chi connectivity index (χ0) is 23.4. The van der Waals surface area contributed by atoms with E-state index in [0.717, 1.165) is 11.1 Å². The number of amides is 2. The standard InChI is InChI=1S/C25H29FN4O3/c1-3-33-25(32)29-13-11-28(12-14-29)17-24(31)30-23(21-10-5-4-7-18(21)2)16-22(27-30)19-8-6-9-20(26)15-19/h4-10,15,23H,3,11-14,16-17H2,1-2H3/t23-/m0/s1. The first kappa shape index (κ1) is 22.9. The highest BCUT2D eigenvalue weighted by Crippen LogP contribution is 2.34. The summed E-state index contributed by atoms with van der Waals surface area (Å²) in [4.78, 5) is 29.0. The quantitative estimate of drug-likeness (QED) is 0.696. The van der Waals surface area contributed by atoms with Gasteiger partial charge in [0, 0.05) is 38.2 Å². The van der Waals surface area contributed by atoms with Crippen LogP contribution >= 0.6 is 0 Å². The van der Waals surface area contributed by atoms with Crippen molar-refractivity contribution in [1.29, 1.82) is 0 Å². The second-order valence-corrected chi connectivity index (χ2v) is 8.33. The zero-order valence-corrected chi connectivity index (χ0v) is 19.0. The van der Waals surface area contributed by atoms with Crippen LogP contribution in [0, 0.1) is 12.7 Å². The Morgan fingerprint density at radius 2 is 1.85 bits per heavy atom. The molecule has 0 unspecified atom stereocenters. The van der Waals surface area contributed by atoms with Gasteiger partial charge in [0.05, 0.1) is 24.9 Å². The molecule has 0 spiro atoms. The molecule has 0 radical (unpaired) electrons. The Bertz CT molecular complexity index is 1050. The molecule has 2 aromatic carbocycles. The third-order valence-corrected chi connectivity index (χ3v) is 6.13. The van der Waals surface area contributed by atoms with Crippen molar-refractivity contribution in [2.24, 2.45) is 5.10 Å². The molecule has 174 valence electrons. The molecule has 0 bridgehead atoms. The van der Waals surface area contributed by atoms with Crippen LogP contribution in [0.5, 0.6) is 0 Å². The summed E-state index contributed by atoms with van der Waals surface area (Å²) in [6, 6.07) is 14.1. The Kier molecular flexibility index (Phi) is 7.03. The first-order valence-corrected chi connectivity index (χ1v) is 11.3. The van der Waals surface area contributed by atoms with E-state index in [2.05, 4.69) is 5.10 Å². The summed E-state index contributed by atoms with van der Waals surface area (Å²) in [5.41, 5.74) is 3.50. The molecule has 33 heavy (non-hydrogen) atoms. The second-order valence-electron chi connectivity index (χ2n) is 8.33. The Hall–Kier alpha value is -3.26. The summed E-state index contributed by atoms with van der Waals surface area (Å²) < 4.78 is 18.9. The molecule has 2 aromatic rings. The Morgan fingerprint density at radius 1 is 1.09 bits per heavy atom. The summed E-state index contributed by atoms with van der Waals surface area (Å²) in [5, 5.41) is 6.21. The van der Waals surface area contributed by atoms with Crippen LogP contribution in [0.25, 0.3) is 0 Å². The highest BCUT2D eigenvalue weighted by molar-refractivity contribution is 6.03. The van der Waals surface area contributed by atoms with Crippen LogP contribution in [-0.4, -0.2) is 71.9 Å². The number of benzene rings is 2. The monoisotopic (exact) mass is 452 g/mol. The highest BCUT2D eigenvalue weighted by atomic mass is 19.1. The first-order valence-electron chi connectivity index (χ1n) is 11.3. The number of piperazine rings is 1. The average Bonchev–Trinajstić information content (AvgIpc) is 3.25. The SMILES string of the molecule is CCOC(=O)N1CCN(CC(=O)N2N=C(c3cccc(F)c3)C[C@H]2c2ccccc2C)CC1. The van der Waals surface area contributed by atoms with E-state index in [9.17, 15) is 14.0 Å². The molecule has 0 aliphatic carbocycles. The minimum atomic E-state index is -0.327. The van der Waals surface area contributed by atoms with Crippen molar-refractivity contribution in [1.82, 2.24) is 14.8 Å². The second kappa shape index (κ2) is 10.1. The number of hydrazone groups is 1. The highest BCUT2D eigenvalue weighted by Gasteiger charge is 2.35. The van der Waals surface area contributed by atoms with Gasteiger partial charge in [-0.3, -0.25) is 9.69 Å². The number of hydrogen-bond acceptors (Lipinski definition) is 5. The maximum Gasteiger partial charge on any atom is 0.409 e. The number of halogens is 1. The van der Waals surface area contributed by atoms with E-state index in [1.165, 1.54) is 12.1 Å². The molecule has 0 saturated carbocycles. The van der Waals surface area contributed by atoms with Crippen LogP contribution in [0.2, 0.25) is 0 Å². The van der Waals surface area contributed by atoms with E-state index >= 15 is 0 Å². The van der Waals surface area contributed by atoms with Crippen LogP contribution in [0.15, 0.2) is 53.6 Å². The van der Waals surface area contributed by atoms with Gasteiger partial charge in [0.15, 0.2) is 0 Å². The van der Waals surface area contributed by atoms with Crippen molar-refractivity contribution >= 4 is 17.7 Å². The molecule has 1 fully saturated rings. The third kappa shape index (κ3) is 5.22. The van der Waals surface area contributed by atoms with Crippen LogP contribution in [0.1, 0.15) is 36.1 Å². The number of hydrogen-bond donors (Lipinski definition) is 0. The molecule has 1 atom stereocenters. The van der Waals surface area contributed by atoms with E-state index in [0.29, 0.717) is 50.5 Å². The minimum absolute atomic E-state index is 0.112. The number of ether oxygens (including phenoxy) is 1. The molecule has 0 N–H and O–H groups in total. The van der Waals surface area contributed by atoms with Crippen molar-refractivity contribution < 1.29 is 18.7 Å². The minimum Gasteiger partial charge on any atom is -0.450 e. The van der Waals surface area contributed by atoms with Gasteiger partial charge in [0.1, 0.15) is 5.82 Å². The predicted octanol–water partition coefficient (Wildman–Crippen LogP) is 3.59. The molecule has 8 heteroatoms. The van der Waals surface area contributed by atoms with Crippen molar-refractivity contribution in [3.8, 4) is 0 Å². The fourth-order valence-corrected chi connectivity index (χ4v) is 4.35. The molecule has 7 nitrogen and oxygen atoms in total. The lowest BCUT2D eigenvalue weighted by atomic mass is 9.95. The van der Waals surface area contributed by atoms with Gasteiger partial charge in [-0.05, 0) is 37.1 Å². The summed E-state index contributed by atoms with van der Waals surface area (Å²) in [5.74, 6) is -0.439. The van der Waals surface area contributed by atoms with E-state index < -0.39 is 0 Å². The number of carbonyl (C=O) groups excluding carboxylic acids is 2. The summed E-state index contributed by atoms with van der Waals surface area (Å²) in [6.07, 6.45) is 0.211. The molecule has 2 aliphatic rings. The Balaban J connectivity index is 1.50. The van der Waals surface area contributed by atoms with Crippen molar-refractivity contribution in [3.05, 3.63) is 71.0 Å². The molecule has 0 aromatic heterocycles. The van der Waals surface area contributed by atoms with Crippen molar-refractivity contribution in [2.45, 2.75) is 26.3 Å². The van der Waals surface area contributed by atoms with E-state index in [1.807, 2.05) is 42.2 Å². The van der Waals surface area contributed by atoms with Gasteiger partial charge in [-0.15, -0.1) is 0 Å². The fourth-order valence-electron chi connectivity index (χ4n) is 4.35. The van der Waals surface area contributed by atoms with Gasteiger partial charge in [-0.25, -0.2) is 14.2 Å². The van der Waals surface area contributed by atoms with Gasteiger partial charge >= 0.3 is 6.09 Å². The summed E-state index contributed by atoms with van der Waals surface area (Å²) in [7, 11) is 0. The van der Waals surface area contributed by atoms with Crippen LogP contribution < -0.4 is 0 Å². The number of rotatable bonds is 5. The number of carbonyl (C=O) groups is 2. The summed E-state index contributed by atoms with van der Waals surface area (Å²) >= 11 is 0.